The Balaban J connectivity index is 0.000000128. The minimum absolute atomic E-state index is 0.00216. The van der Waals surface area contributed by atoms with Gasteiger partial charge in [-0.2, -0.15) is 0 Å². The first-order valence-corrected chi connectivity index (χ1v) is 24.6. The zero-order valence-corrected chi connectivity index (χ0v) is 42.4. The van der Waals surface area contributed by atoms with Gasteiger partial charge in [0.15, 0.2) is 11.6 Å². The summed E-state index contributed by atoms with van der Waals surface area (Å²) in [5.41, 5.74) is 16.7. The molecule has 7 N–H and O–H groups in total. The van der Waals surface area contributed by atoms with Crippen molar-refractivity contribution in [3.63, 3.8) is 0 Å². The van der Waals surface area contributed by atoms with Crippen LogP contribution in [0.3, 0.4) is 0 Å². The number of nitrogens with two attached hydrogens (primary N) is 1. The summed E-state index contributed by atoms with van der Waals surface area (Å²) in [4.78, 5) is 78.2. The van der Waals surface area contributed by atoms with Gasteiger partial charge in [0.1, 0.15) is 47.9 Å². The predicted molar refractivity (Wildman–Crippen MR) is 289 cm³/mol. The van der Waals surface area contributed by atoms with Gasteiger partial charge in [-0.25, -0.2) is 39.9 Å². The number of halogens is 1. The molecule has 0 bridgehead atoms. The van der Waals surface area contributed by atoms with Crippen LogP contribution in [0.1, 0.15) is 91.4 Å². The quantitative estimate of drug-likeness (QED) is 0.0670. The number of rotatable bonds is 6. The van der Waals surface area contributed by atoms with Crippen molar-refractivity contribution >= 4 is 75.2 Å². The average molecular weight is 1020 g/mol. The Morgan fingerprint density at radius 1 is 0.453 bits per heavy atom. The van der Waals surface area contributed by atoms with Gasteiger partial charge < -0.3 is 32.3 Å². The monoisotopic (exact) mass is 1020 g/mol. The molecule has 0 radical (unpaired) electrons. The molecular weight excluding hydrogens is 968 g/mol. The first-order chi connectivity index (χ1) is 36.3. The Morgan fingerprint density at radius 3 is 1.17 bits per heavy atom. The summed E-state index contributed by atoms with van der Waals surface area (Å²) in [6, 6.07) is 30.2. The molecule has 19 heteroatoms. The molecule has 0 spiro atoms. The average Bonchev–Trinajstić information content (AvgIpc) is 3.85. The van der Waals surface area contributed by atoms with E-state index >= 15 is 0 Å². The minimum atomic E-state index is 0.00216. The SMILES string of the molecule is CC1Cc2cc(N)ccc2C1=O.CC1Cc2cc(Nc3ccncn3)ccc2C(=O)N1.CC1Cc2cc(Nc3ccncn3)ccc2C(=O)N1.CC1Cc2cc(Nc3ccncn3)ccc2C1=O.Clc1ccncn1. The number of nitrogens with one attached hydrogen (secondary N) is 5. The van der Waals surface area contributed by atoms with Gasteiger partial charge in [-0.1, -0.05) is 25.4 Å². The second-order valence-electron chi connectivity index (χ2n) is 18.3. The smallest absolute Gasteiger partial charge is 0.251 e. The Morgan fingerprint density at radius 2 is 0.813 bits per heavy atom. The van der Waals surface area contributed by atoms with Gasteiger partial charge in [0, 0.05) is 93.7 Å². The summed E-state index contributed by atoms with van der Waals surface area (Å²) in [6.07, 6.45) is 15.9. The molecule has 4 aromatic heterocycles. The number of nitrogens with zero attached hydrogens (tertiary/aromatic N) is 8. The molecule has 4 unspecified atom stereocenters. The number of hydrogen-bond acceptors (Lipinski definition) is 16. The van der Waals surface area contributed by atoms with E-state index in [9.17, 15) is 19.2 Å². The maximum Gasteiger partial charge on any atom is 0.251 e. The molecule has 12 rings (SSSR count). The van der Waals surface area contributed by atoms with Crippen molar-refractivity contribution in [2.75, 3.05) is 21.7 Å². The molecule has 18 nitrogen and oxygen atoms in total. The number of ketones is 2. The number of benzene rings is 4. The number of fused-ring (bicyclic) bond motifs is 4. The molecule has 2 aliphatic heterocycles. The number of aromatic nitrogens is 8. The lowest BCUT2D eigenvalue weighted by molar-refractivity contribution is 0.0920. The van der Waals surface area contributed by atoms with Crippen molar-refractivity contribution in [2.24, 2.45) is 11.8 Å². The van der Waals surface area contributed by atoms with E-state index in [1.165, 1.54) is 25.3 Å². The zero-order chi connectivity index (χ0) is 52.8. The van der Waals surface area contributed by atoms with Crippen molar-refractivity contribution in [1.82, 2.24) is 50.5 Å². The van der Waals surface area contributed by atoms with Crippen LogP contribution >= 0.6 is 11.6 Å². The largest absolute Gasteiger partial charge is 0.399 e. The van der Waals surface area contributed by atoms with Gasteiger partial charge >= 0.3 is 0 Å². The number of carbonyl (C=O) groups excluding carboxylic acids is 4. The molecule has 2 amide bonds. The van der Waals surface area contributed by atoms with Crippen LogP contribution in [-0.4, -0.2) is 75.3 Å². The van der Waals surface area contributed by atoms with Gasteiger partial charge in [-0.15, -0.1) is 0 Å². The molecule has 6 heterocycles. The van der Waals surface area contributed by atoms with Gasteiger partial charge in [0.2, 0.25) is 0 Å². The maximum absolute atomic E-state index is 11.8. The van der Waals surface area contributed by atoms with Crippen molar-refractivity contribution in [3.05, 3.63) is 197 Å². The summed E-state index contributed by atoms with van der Waals surface area (Å²) >= 11 is 5.39. The summed E-state index contributed by atoms with van der Waals surface area (Å²) < 4.78 is 0. The van der Waals surface area contributed by atoms with Crippen molar-refractivity contribution < 1.29 is 19.2 Å². The molecule has 0 saturated heterocycles. The van der Waals surface area contributed by atoms with Crippen molar-refractivity contribution in [1.29, 1.82) is 0 Å². The third kappa shape index (κ3) is 14.1. The number of anilines is 7. The highest BCUT2D eigenvalue weighted by Crippen LogP contribution is 2.31. The minimum Gasteiger partial charge on any atom is -0.399 e. The fourth-order valence-corrected chi connectivity index (χ4v) is 8.88. The normalized spacial score (nSPS) is 17.3. The fraction of sp³-hybridized carbons (Fsp3) is 0.214. The highest BCUT2D eigenvalue weighted by molar-refractivity contribution is 6.29. The van der Waals surface area contributed by atoms with Gasteiger partial charge in [0.25, 0.3) is 11.8 Å². The number of Topliss-reactive ketones (excluding diaryl/α,β-unsaturated/α-hetero) is 2. The number of hydrogen-bond donors (Lipinski definition) is 6. The highest BCUT2D eigenvalue weighted by atomic mass is 35.5. The standard InChI is InChI=1S/2C14H14N4O.C14H13N3O.C10H11NO.C4H3ClN2/c2*1-9-6-10-7-11(2-3-12(10)14(19)17-9)18-13-4-5-15-8-16-13;1-9-6-10-7-11(2-3-12(10)14(9)18)17-13-4-5-15-8-16-13;1-6-4-7-5-8(11)2-3-9(7)10(6)12;5-4-1-2-6-3-7-4/h2*2-5,7-9H,6H2,1H3,(H,17,19)(H,15,16,18);2-5,7-9H,6H2,1H3,(H,15,16,17);2-3,5-6H,4,11H2,1H3;1-3H. The lowest BCUT2D eigenvalue weighted by Crippen LogP contribution is -2.39. The summed E-state index contributed by atoms with van der Waals surface area (Å²) in [7, 11) is 0. The van der Waals surface area contributed by atoms with Gasteiger partial charge in [0.05, 0.1) is 0 Å². The van der Waals surface area contributed by atoms with Crippen LogP contribution in [0, 0.1) is 11.8 Å². The highest BCUT2D eigenvalue weighted by Gasteiger charge is 2.28. The number of carbonyl (C=O) groups is 4. The van der Waals surface area contributed by atoms with E-state index in [0.29, 0.717) is 5.15 Å². The second kappa shape index (κ2) is 24.6. The third-order valence-electron chi connectivity index (χ3n) is 12.3. The molecule has 8 aromatic rings. The summed E-state index contributed by atoms with van der Waals surface area (Å²) in [5.74, 6) is 2.98. The molecule has 4 aliphatic rings. The van der Waals surface area contributed by atoms with E-state index in [1.54, 1.807) is 55.1 Å². The van der Waals surface area contributed by atoms with E-state index in [2.05, 4.69) is 66.5 Å². The third-order valence-corrected chi connectivity index (χ3v) is 12.6. The molecule has 2 aliphatic carbocycles. The van der Waals surface area contributed by atoms with Crippen molar-refractivity contribution in [3.8, 4) is 0 Å². The molecule has 4 atom stereocenters. The van der Waals surface area contributed by atoms with Gasteiger partial charge in [-0.3, -0.25) is 19.2 Å². The van der Waals surface area contributed by atoms with E-state index < -0.39 is 0 Å². The fourth-order valence-electron chi connectivity index (χ4n) is 8.78. The van der Waals surface area contributed by atoms with Crippen LogP contribution in [0.5, 0.6) is 0 Å². The van der Waals surface area contributed by atoms with Crippen LogP contribution in [-0.2, 0) is 25.7 Å². The molecular formula is C56H55ClN14O4. The Kier molecular flexibility index (Phi) is 17.2. The lowest BCUT2D eigenvalue weighted by atomic mass is 9.95. The van der Waals surface area contributed by atoms with Crippen LogP contribution in [0.15, 0.2) is 147 Å². The first-order valence-electron chi connectivity index (χ1n) is 24.2. The zero-order valence-electron chi connectivity index (χ0n) is 41.7. The summed E-state index contributed by atoms with van der Waals surface area (Å²) in [5, 5.41) is 15.9. The van der Waals surface area contributed by atoms with E-state index in [0.717, 1.165) is 110 Å². The topological polar surface area (TPSA) is 258 Å². The molecule has 75 heavy (non-hydrogen) atoms. The Hall–Kier alpha value is -9.03. The lowest BCUT2D eigenvalue weighted by Gasteiger charge is -2.23. The van der Waals surface area contributed by atoms with E-state index in [-0.39, 0.29) is 47.3 Å². The predicted octanol–water partition coefficient (Wildman–Crippen LogP) is 9.16. The van der Waals surface area contributed by atoms with Gasteiger partial charge in [-0.05, 0) is 159 Å². The van der Waals surface area contributed by atoms with Crippen LogP contribution in [0.25, 0.3) is 0 Å². The first kappa shape index (κ1) is 52.3. The molecule has 0 saturated carbocycles. The molecule has 4 aromatic carbocycles. The van der Waals surface area contributed by atoms with Crippen LogP contribution in [0.4, 0.5) is 40.2 Å². The summed E-state index contributed by atoms with van der Waals surface area (Å²) in [6.45, 7) is 7.94. The van der Waals surface area contributed by atoms with Crippen LogP contribution in [0.2, 0.25) is 5.15 Å². The van der Waals surface area contributed by atoms with E-state index in [1.807, 2.05) is 94.4 Å². The maximum atomic E-state index is 11.8. The Labute approximate surface area is 438 Å². The van der Waals surface area contributed by atoms with E-state index in [4.69, 9.17) is 17.3 Å². The number of amides is 2. The van der Waals surface area contributed by atoms with Crippen molar-refractivity contribution in [2.45, 2.75) is 65.5 Å². The number of nitrogen functional groups attached to an aromatic ring is 1. The van der Waals surface area contributed by atoms with Crippen LogP contribution < -0.4 is 32.3 Å². The molecule has 380 valence electrons. The second-order valence-corrected chi connectivity index (χ2v) is 18.7. The molecule has 0 fully saturated rings. The Bertz CT molecular complexity index is 3170.